The van der Waals surface area contributed by atoms with E-state index in [1.807, 2.05) is 51.2 Å². The number of methoxy groups -OCH3 is 3. The van der Waals surface area contributed by atoms with Crippen molar-refractivity contribution in [2.75, 3.05) is 27.9 Å². The van der Waals surface area contributed by atoms with Crippen molar-refractivity contribution >= 4 is 29.2 Å². The van der Waals surface area contributed by atoms with Crippen LogP contribution >= 0.6 is 0 Å². The monoisotopic (exact) mass is 898 g/mol. The molecule has 3 N–H and O–H groups in total. The summed E-state index contributed by atoms with van der Waals surface area (Å²) in [6, 6.07) is -1.12. The molecule has 0 radical (unpaired) electrons. The molecule has 3 saturated heterocycles. The Balaban J connectivity index is 1.51. The second-order valence-corrected chi connectivity index (χ2v) is 19.5. The van der Waals surface area contributed by atoms with Crippen LogP contribution in [0.3, 0.4) is 0 Å². The molecular weight excluding hydrogens is 823 g/mol. The molecule has 64 heavy (non-hydrogen) atoms. The molecule has 14 nitrogen and oxygen atoms in total. The minimum absolute atomic E-state index is 0.0231. The van der Waals surface area contributed by atoms with Crippen molar-refractivity contribution in [1.29, 1.82) is 0 Å². The van der Waals surface area contributed by atoms with E-state index >= 15 is 0 Å². The van der Waals surface area contributed by atoms with E-state index < -0.39 is 95.7 Å². The molecule has 14 heteroatoms. The summed E-state index contributed by atoms with van der Waals surface area (Å²) in [6.07, 6.45) is 10.8. The Hall–Kier alpha value is -3.37. The van der Waals surface area contributed by atoms with Gasteiger partial charge in [0.15, 0.2) is 5.78 Å². The number of aliphatic hydroxyl groups excluding tert-OH is 2. The normalized spacial score (nSPS) is 43.2. The van der Waals surface area contributed by atoms with Gasteiger partial charge in [-0.25, -0.2) is 4.79 Å². The first kappa shape index (κ1) is 51.6. The van der Waals surface area contributed by atoms with Gasteiger partial charge in [-0.15, -0.1) is 0 Å². The van der Waals surface area contributed by atoms with Gasteiger partial charge < -0.3 is 43.9 Å². The van der Waals surface area contributed by atoms with Crippen LogP contribution in [0, 0.1) is 41.4 Å². The van der Waals surface area contributed by atoms with Gasteiger partial charge in [0, 0.05) is 64.4 Å². The predicted octanol–water partition coefficient (Wildman–Crippen LogP) is 5.40. The SMILES string of the molecule is COC1CC(CC2C3CC(=O)C(C)/C=C(\C)C(O)[C@@H](OC)C(=O)C(C)C[C@H](C)/C=C/C=C/C=C(\C)[C@@H](OC)C[C@@H]4CCC(C)C(O)(O4)C(=O)C(=O)N4CCC[C@H]2C4C(=O)O3)CCC1O. The van der Waals surface area contributed by atoms with Crippen LogP contribution in [-0.2, 0) is 47.7 Å². The van der Waals surface area contributed by atoms with Crippen LogP contribution in [0.2, 0.25) is 0 Å². The molecule has 6 bridgehead atoms. The Morgan fingerprint density at radius 1 is 0.844 bits per heavy atom. The Morgan fingerprint density at radius 3 is 2.27 bits per heavy atom. The predicted molar refractivity (Wildman–Crippen MR) is 238 cm³/mol. The van der Waals surface area contributed by atoms with Crippen LogP contribution < -0.4 is 0 Å². The van der Waals surface area contributed by atoms with Crippen molar-refractivity contribution in [3.8, 4) is 0 Å². The molecule has 1 aliphatic carbocycles. The number of fused-ring (bicyclic) bond motifs is 3. The second kappa shape index (κ2) is 22.9. The lowest BCUT2D eigenvalue weighted by Crippen LogP contribution is -2.65. The highest BCUT2D eigenvalue weighted by molar-refractivity contribution is 6.39. The van der Waals surface area contributed by atoms with Crippen LogP contribution in [0.25, 0.3) is 0 Å². The molecule has 11 unspecified atom stereocenters. The Kier molecular flexibility index (Phi) is 18.5. The average molecular weight is 898 g/mol. The molecule has 0 spiro atoms. The number of esters is 1. The van der Waals surface area contributed by atoms with E-state index in [1.165, 1.54) is 12.0 Å². The first-order valence-electron chi connectivity index (χ1n) is 23.5. The number of allylic oxidation sites excluding steroid dienone is 6. The number of amides is 1. The summed E-state index contributed by atoms with van der Waals surface area (Å²) in [5.41, 5.74) is 1.28. The van der Waals surface area contributed by atoms with E-state index in [4.69, 9.17) is 23.7 Å². The van der Waals surface area contributed by atoms with E-state index in [-0.39, 0.29) is 42.5 Å². The smallest absolute Gasteiger partial charge is 0.329 e. The van der Waals surface area contributed by atoms with Crippen LogP contribution in [0.15, 0.2) is 47.6 Å². The zero-order chi connectivity index (χ0) is 47.0. The van der Waals surface area contributed by atoms with E-state index in [9.17, 15) is 39.3 Å². The number of rotatable bonds is 5. The minimum atomic E-state index is -2.43. The number of ketones is 3. The summed E-state index contributed by atoms with van der Waals surface area (Å²) in [6.45, 7) is 10.9. The lowest BCUT2D eigenvalue weighted by atomic mass is 9.68. The molecule has 1 saturated carbocycles. The molecule has 4 heterocycles. The molecule has 16 atom stereocenters. The number of piperidine rings is 1. The second-order valence-electron chi connectivity index (χ2n) is 19.5. The number of ether oxygens (including phenoxy) is 5. The highest BCUT2D eigenvalue weighted by Gasteiger charge is 2.57. The van der Waals surface area contributed by atoms with Crippen molar-refractivity contribution in [3.05, 3.63) is 47.6 Å². The molecule has 4 aliphatic heterocycles. The fourth-order valence-corrected chi connectivity index (χ4v) is 10.9. The number of carbonyl (C=O) groups is 5. The van der Waals surface area contributed by atoms with Crippen LogP contribution in [0.1, 0.15) is 112 Å². The van der Waals surface area contributed by atoms with Gasteiger partial charge in [0.1, 0.15) is 30.1 Å². The highest BCUT2D eigenvalue weighted by atomic mass is 16.6. The summed E-state index contributed by atoms with van der Waals surface area (Å²) >= 11 is 0. The zero-order valence-electron chi connectivity index (χ0n) is 39.5. The molecular formula is C50H75NO13. The third-order valence-electron chi connectivity index (χ3n) is 14.9. The standard InChI is InChI=1S/C50H75NO13/c1-28-14-11-10-12-15-29(2)40(60-7)26-35-19-17-33(6)50(59,64-35)47(56)48(57)51-21-13-16-36-37(24-34-18-20-38(52)42(25-34)61-8)41(63-49(58)43(36)51)27-39(53)30(3)23-32(5)45(55)46(62-9)44(54)31(4)22-28/h10-12,14-15,23,28,30-31,33-38,40-43,45-46,52,55,59H,13,16-22,24-27H2,1-9H3/b12-10+,14-11+,29-15+,32-23+/t28-,30?,31?,33?,34?,35+,36-,37?,38?,40+,41?,42?,43?,45?,46+,50?/m1/s1. The van der Waals surface area contributed by atoms with E-state index in [2.05, 4.69) is 0 Å². The van der Waals surface area contributed by atoms with Crippen molar-refractivity contribution < 1.29 is 63.0 Å². The van der Waals surface area contributed by atoms with Gasteiger partial charge in [-0.05, 0) is 101 Å². The van der Waals surface area contributed by atoms with Gasteiger partial charge in [0.2, 0.25) is 5.79 Å². The Labute approximate surface area is 379 Å². The maximum absolute atomic E-state index is 14.4. The van der Waals surface area contributed by atoms with Gasteiger partial charge in [-0.3, -0.25) is 19.2 Å². The van der Waals surface area contributed by atoms with Gasteiger partial charge in [-0.2, -0.15) is 0 Å². The summed E-state index contributed by atoms with van der Waals surface area (Å²) in [4.78, 5) is 72.0. The topological polar surface area (TPSA) is 195 Å². The minimum Gasteiger partial charge on any atom is -0.460 e. The maximum Gasteiger partial charge on any atom is 0.329 e. The summed E-state index contributed by atoms with van der Waals surface area (Å²) in [5, 5.41) is 34.1. The number of Topliss-reactive ketones (excluding diaryl/α,β-unsaturated/α-hetero) is 3. The van der Waals surface area contributed by atoms with E-state index in [0.717, 1.165) is 5.57 Å². The van der Waals surface area contributed by atoms with Gasteiger partial charge in [-0.1, -0.05) is 64.2 Å². The molecule has 1 amide bonds. The van der Waals surface area contributed by atoms with Crippen LogP contribution in [0.4, 0.5) is 0 Å². The molecule has 5 rings (SSSR count). The third-order valence-corrected chi connectivity index (χ3v) is 14.9. The number of carbonyl (C=O) groups excluding carboxylic acids is 5. The number of aliphatic hydroxyl groups is 3. The lowest BCUT2D eigenvalue weighted by Gasteiger charge is -2.50. The van der Waals surface area contributed by atoms with Crippen molar-refractivity contribution in [1.82, 2.24) is 4.90 Å². The summed E-state index contributed by atoms with van der Waals surface area (Å²) in [7, 11) is 4.52. The first-order valence-corrected chi connectivity index (χ1v) is 23.5. The fraction of sp³-hybridized carbons (Fsp3) is 0.740. The van der Waals surface area contributed by atoms with E-state index in [0.29, 0.717) is 69.8 Å². The maximum atomic E-state index is 14.4. The summed E-state index contributed by atoms with van der Waals surface area (Å²) in [5.74, 6) is -8.43. The van der Waals surface area contributed by atoms with E-state index in [1.54, 1.807) is 41.1 Å². The molecule has 4 fully saturated rings. The molecule has 0 aromatic heterocycles. The molecule has 0 aromatic rings. The number of nitrogens with zero attached hydrogens (tertiary/aromatic N) is 1. The summed E-state index contributed by atoms with van der Waals surface area (Å²) < 4.78 is 29.4. The molecule has 358 valence electrons. The molecule has 5 aliphatic rings. The third kappa shape index (κ3) is 12.0. The highest BCUT2D eigenvalue weighted by Crippen LogP contribution is 2.45. The quantitative estimate of drug-likeness (QED) is 0.181. The Morgan fingerprint density at radius 2 is 1.58 bits per heavy atom. The Bertz CT molecular complexity index is 1790. The molecule has 0 aromatic carbocycles. The van der Waals surface area contributed by atoms with Gasteiger partial charge >= 0.3 is 5.97 Å². The number of hydrogen-bond acceptors (Lipinski definition) is 13. The van der Waals surface area contributed by atoms with Crippen LogP contribution in [0.5, 0.6) is 0 Å². The lowest BCUT2D eigenvalue weighted by molar-refractivity contribution is -0.266. The van der Waals surface area contributed by atoms with Crippen molar-refractivity contribution in [3.63, 3.8) is 0 Å². The van der Waals surface area contributed by atoms with Gasteiger partial charge in [0.25, 0.3) is 11.7 Å². The average Bonchev–Trinajstić information content (AvgIpc) is 3.27. The van der Waals surface area contributed by atoms with Crippen molar-refractivity contribution in [2.24, 2.45) is 41.4 Å². The zero-order valence-corrected chi connectivity index (χ0v) is 39.5. The van der Waals surface area contributed by atoms with Crippen molar-refractivity contribution in [2.45, 2.75) is 167 Å². The largest absolute Gasteiger partial charge is 0.460 e. The van der Waals surface area contributed by atoms with Gasteiger partial charge in [0.05, 0.1) is 24.4 Å². The fourth-order valence-electron chi connectivity index (χ4n) is 10.9. The van der Waals surface area contributed by atoms with Crippen LogP contribution in [-0.4, -0.2) is 132 Å². The number of hydrogen-bond donors (Lipinski definition) is 3. The first-order chi connectivity index (χ1) is 30.3.